The van der Waals surface area contributed by atoms with Crippen LogP contribution in [-0.4, -0.2) is 37.4 Å². The monoisotopic (exact) mass is 261 g/mol. The molecule has 0 aliphatic rings. The molecule has 0 aliphatic carbocycles. The Balaban J connectivity index is 2.61. The lowest BCUT2D eigenvalue weighted by molar-refractivity contribution is 0.0905. The van der Waals surface area contributed by atoms with Crippen LogP contribution in [0.1, 0.15) is 29.3 Å². The summed E-state index contributed by atoms with van der Waals surface area (Å²) in [5, 5.41) is 11.5. The van der Waals surface area contributed by atoms with E-state index in [1.54, 1.807) is 31.4 Å². The normalized spacial score (nSPS) is 11.3. The lowest BCUT2D eigenvalue weighted by Crippen LogP contribution is -2.35. The van der Waals surface area contributed by atoms with Crippen molar-refractivity contribution < 1.29 is 14.6 Å². The number of carbonyl (C=O) groups is 1. The van der Waals surface area contributed by atoms with E-state index in [4.69, 9.17) is 9.84 Å². The number of methoxy groups -OCH3 is 1. The van der Waals surface area contributed by atoms with E-state index in [2.05, 4.69) is 17.2 Å². The standard InChI is InChI=1S/C15H19NO3/c1-12(11-19-2)16-15(18)14-8-6-13(7-9-14)5-3-4-10-17/h6-9,12,17H,4,10-11H2,1-2H3,(H,16,18). The van der Waals surface area contributed by atoms with E-state index in [0.29, 0.717) is 18.6 Å². The first-order valence-corrected chi connectivity index (χ1v) is 6.17. The van der Waals surface area contributed by atoms with Crippen LogP contribution in [0.15, 0.2) is 24.3 Å². The predicted octanol–water partition coefficient (Wildman–Crippen LogP) is 1.19. The molecule has 0 fully saturated rings. The van der Waals surface area contributed by atoms with Crippen LogP contribution in [-0.2, 0) is 4.74 Å². The molecule has 4 nitrogen and oxygen atoms in total. The van der Waals surface area contributed by atoms with Crippen LogP contribution in [0.5, 0.6) is 0 Å². The minimum atomic E-state index is -0.126. The fourth-order valence-electron chi connectivity index (χ4n) is 1.52. The molecular weight excluding hydrogens is 242 g/mol. The summed E-state index contributed by atoms with van der Waals surface area (Å²) in [6.45, 7) is 2.43. The second-order valence-electron chi connectivity index (χ2n) is 4.18. The van der Waals surface area contributed by atoms with Crippen LogP contribution in [0, 0.1) is 11.8 Å². The highest BCUT2D eigenvalue weighted by Gasteiger charge is 2.08. The summed E-state index contributed by atoms with van der Waals surface area (Å²) in [5.41, 5.74) is 1.42. The molecule has 2 N–H and O–H groups in total. The Morgan fingerprint density at radius 1 is 1.42 bits per heavy atom. The van der Waals surface area contributed by atoms with E-state index in [9.17, 15) is 4.79 Å². The summed E-state index contributed by atoms with van der Waals surface area (Å²) < 4.78 is 4.96. The van der Waals surface area contributed by atoms with Crippen molar-refractivity contribution in [2.24, 2.45) is 0 Å². The Bertz CT molecular complexity index is 457. The number of nitrogens with one attached hydrogen (secondary N) is 1. The van der Waals surface area contributed by atoms with Gasteiger partial charge in [0, 0.05) is 30.7 Å². The third-order valence-electron chi connectivity index (χ3n) is 2.41. The van der Waals surface area contributed by atoms with E-state index in [1.807, 2.05) is 6.92 Å². The van der Waals surface area contributed by atoms with Gasteiger partial charge in [0.15, 0.2) is 0 Å². The zero-order valence-electron chi connectivity index (χ0n) is 11.3. The van der Waals surface area contributed by atoms with Gasteiger partial charge in [0.1, 0.15) is 0 Å². The van der Waals surface area contributed by atoms with Crippen molar-refractivity contribution in [3.63, 3.8) is 0 Å². The second-order valence-corrected chi connectivity index (χ2v) is 4.18. The highest BCUT2D eigenvalue weighted by molar-refractivity contribution is 5.94. The third-order valence-corrected chi connectivity index (χ3v) is 2.41. The molecule has 4 heteroatoms. The first-order chi connectivity index (χ1) is 9.17. The maximum absolute atomic E-state index is 11.9. The highest BCUT2D eigenvalue weighted by Crippen LogP contribution is 2.04. The molecule has 0 bridgehead atoms. The number of rotatable bonds is 5. The smallest absolute Gasteiger partial charge is 0.251 e. The van der Waals surface area contributed by atoms with E-state index in [1.165, 1.54) is 0 Å². The van der Waals surface area contributed by atoms with Gasteiger partial charge < -0.3 is 15.2 Å². The zero-order valence-corrected chi connectivity index (χ0v) is 11.3. The average molecular weight is 261 g/mol. The largest absolute Gasteiger partial charge is 0.395 e. The lowest BCUT2D eigenvalue weighted by atomic mass is 10.1. The molecule has 0 saturated heterocycles. The number of aliphatic hydroxyl groups excluding tert-OH is 1. The van der Waals surface area contributed by atoms with Crippen LogP contribution in [0.3, 0.4) is 0 Å². The van der Waals surface area contributed by atoms with Gasteiger partial charge in [-0.1, -0.05) is 11.8 Å². The van der Waals surface area contributed by atoms with Crippen LogP contribution in [0.25, 0.3) is 0 Å². The summed E-state index contributed by atoms with van der Waals surface area (Å²) in [4.78, 5) is 11.9. The van der Waals surface area contributed by atoms with Gasteiger partial charge in [-0.2, -0.15) is 0 Å². The van der Waals surface area contributed by atoms with Gasteiger partial charge in [0.2, 0.25) is 0 Å². The molecular formula is C15H19NO3. The first-order valence-electron chi connectivity index (χ1n) is 6.17. The van der Waals surface area contributed by atoms with E-state index < -0.39 is 0 Å². The van der Waals surface area contributed by atoms with E-state index in [-0.39, 0.29) is 18.6 Å². The molecule has 0 heterocycles. The molecule has 1 aromatic carbocycles. The van der Waals surface area contributed by atoms with Gasteiger partial charge >= 0.3 is 0 Å². The van der Waals surface area contributed by atoms with E-state index in [0.717, 1.165) is 5.56 Å². The van der Waals surface area contributed by atoms with Crippen LogP contribution >= 0.6 is 0 Å². The maximum Gasteiger partial charge on any atom is 0.251 e. The van der Waals surface area contributed by atoms with Crippen LogP contribution in [0.4, 0.5) is 0 Å². The molecule has 0 aliphatic heterocycles. The van der Waals surface area contributed by atoms with Gasteiger partial charge in [-0.15, -0.1) is 0 Å². The van der Waals surface area contributed by atoms with E-state index >= 15 is 0 Å². The molecule has 0 radical (unpaired) electrons. The quantitative estimate of drug-likeness (QED) is 0.783. The number of hydrogen-bond acceptors (Lipinski definition) is 3. The van der Waals surface area contributed by atoms with Crippen molar-refractivity contribution in [3.8, 4) is 11.8 Å². The Morgan fingerprint density at radius 3 is 2.68 bits per heavy atom. The van der Waals surface area contributed by atoms with Crippen molar-refractivity contribution in [3.05, 3.63) is 35.4 Å². The number of amides is 1. The highest BCUT2D eigenvalue weighted by atomic mass is 16.5. The first kappa shape index (κ1) is 15.2. The number of hydrogen-bond donors (Lipinski definition) is 2. The van der Waals surface area contributed by atoms with Crippen molar-refractivity contribution in [1.29, 1.82) is 0 Å². The van der Waals surface area contributed by atoms with Crippen molar-refractivity contribution in [2.75, 3.05) is 20.3 Å². The molecule has 19 heavy (non-hydrogen) atoms. The summed E-state index contributed by atoms with van der Waals surface area (Å²) >= 11 is 0. The number of benzene rings is 1. The molecule has 0 saturated carbocycles. The van der Waals surface area contributed by atoms with Crippen molar-refractivity contribution >= 4 is 5.91 Å². The Morgan fingerprint density at radius 2 is 2.11 bits per heavy atom. The number of carbonyl (C=O) groups excluding carboxylic acids is 1. The van der Waals surface area contributed by atoms with Crippen molar-refractivity contribution in [1.82, 2.24) is 5.32 Å². The Hall–Kier alpha value is -1.83. The Kier molecular flexibility index (Phi) is 6.65. The van der Waals surface area contributed by atoms with Crippen LogP contribution < -0.4 is 5.32 Å². The summed E-state index contributed by atoms with van der Waals surface area (Å²) in [7, 11) is 1.60. The minimum Gasteiger partial charge on any atom is -0.395 e. The molecule has 0 spiro atoms. The minimum absolute atomic E-state index is 0.0264. The second kappa shape index (κ2) is 8.30. The van der Waals surface area contributed by atoms with Crippen LogP contribution in [0.2, 0.25) is 0 Å². The lowest BCUT2D eigenvalue weighted by Gasteiger charge is -2.12. The van der Waals surface area contributed by atoms with Gasteiger partial charge in [-0.3, -0.25) is 4.79 Å². The molecule has 102 valence electrons. The zero-order chi connectivity index (χ0) is 14.1. The predicted molar refractivity (Wildman–Crippen MR) is 73.8 cm³/mol. The average Bonchev–Trinajstić information content (AvgIpc) is 2.40. The molecule has 0 aromatic heterocycles. The summed E-state index contributed by atoms with van der Waals surface area (Å²) in [6.07, 6.45) is 0.455. The summed E-state index contributed by atoms with van der Waals surface area (Å²) in [6, 6.07) is 7.03. The molecule has 1 rings (SSSR count). The number of ether oxygens (including phenoxy) is 1. The SMILES string of the molecule is COCC(C)NC(=O)c1ccc(C#CCCO)cc1. The van der Waals surface area contributed by atoms with Crippen molar-refractivity contribution in [2.45, 2.75) is 19.4 Å². The maximum atomic E-state index is 11.9. The fraction of sp³-hybridized carbons (Fsp3) is 0.400. The third kappa shape index (κ3) is 5.56. The van der Waals surface area contributed by atoms with Gasteiger partial charge in [-0.05, 0) is 31.2 Å². The Labute approximate surface area is 113 Å². The van der Waals surface area contributed by atoms with Gasteiger partial charge in [-0.25, -0.2) is 0 Å². The molecule has 1 unspecified atom stereocenters. The summed E-state index contributed by atoms with van der Waals surface area (Å²) in [5.74, 6) is 5.62. The molecule has 1 aromatic rings. The molecule has 1 atom stereocenters. The van der Waals surface area contributed by atoms with Gasteiger partial charge in [0.25, 0.3) is 5.91 Å². The fourth-order valence-corrected chi connectivity index (χ4v) is 1.52. The van der Waals surface area contributed by atoms with Gasteiger partial charge in [0.05, 0.1) is 13.2 Å². The topological polar surface area (TPSA) is 58.6 Å². The molecule has 1 amide bonds. The number of aliphatic hydroxyl groups is 1.